The van der Waals surface area contributed by atoms with Crippen LogP contribution in [0, 0.1) is 5.92 Å². The predicted octanol–water partition coefficient (Wildman–Crippen LogP) is 14.3. The smallest absolute Gasteiger partial charge is 0.306 e. The van der Waals surface area contributed by atoms with E-state index in [2.05, 4.69) is 27.7 Å². The van der Waals surface area contributed by atoms with Crippen molar-refractivity contribution >= 4 is 17.9 Å². The van der Waals surface area contributed by atoms with E-state index in [1.54, 1.807) is 0 Å². The van der Waals surface area contributed by atoms with Crippen LogP contribution in [0.15, 0.2) is 0 Å². The molecule has 0 amide bonds. The Hall–Kier alpha value is -1.59. The number of ether oxygens (including phenoxy) is 3. The second-order valence-electron chi connectivity index (χ2n) is 16.2. The van der Waals surface area contributed by atoms with Gasteiger partial charge in [0, 0.05) is 19.3 Å². The van der Waals surface area contributed by atoms with E-state index in [1.807, 2.05) is 0 Å². The molecular weight excluding hydrogens is 648 g/mol. The molecule has 0 aromatic carbocycles. The second kappa shape index (κ2) is 40.6. The molecule has 0 rings (SSSR count). The van der Waals surface area contributed by atoms with E-state index in [9.17, 15) is 14.4 Å². The van der Waals surface area contributed by atoms with Crippen molar-refractivity contribution in [1.82, 2.24) is 0 Å². The standard InChI is InChI=1S/C46H88O6/c1-5-7-9-11-13-15-17-18-19-21-23-25-31-35-39-46(49)52-43(41-51-45(48)38-34-30-27-26-28-32-36-42(3)4)40-50-44(47)37-33-29-24-22-20-16-14-12-10-8-6-2/h42-43H,5-41H2,1-4H3/t43-/m0/s1. The maximum Gasteiger partial charge on any atom is 0.306 e. The third kappa shape index (κ3) is 39.6. The first-order valence-corrected chi connectivity index (χ1v) is 22.9. The van der Waals surface area contributed by atoms with Gasteiger partial charge in [0.2, 0.25) is 0 Å². The molecule has 0 heterocycles. The monoisotopic (exact) mass is 737 g/mol. The quantitative estimate of drug-likeness (QED) is 0.0353. The largest absolute Gasteiger partial charge is 0.462 e. The van der Waals surface area contributed by atoms with Crippen LogP contribution in [-0.4, -0.2) is 37.2 Å². The lowest BCUT2D eigenvalue weighted by Gasteiger charge is -2.18. The van der Waals surface area contributed by atoms with Crippen molar-refractivity contribution in [3.63, 3.8) is 0 Å². The molecule has 308 valence electrons. The molecular formula is C46H88O6. The highest BCUT2D eigenvalue weighted by molar-refractivity contribution is 5.71. The molecule has 0 saturated heterocycles. The van der Waals surface area contributed by atoms with Crippen molar-refractivity contribution in [2.24, 2.45) is 5.92 Å². The summed E-state index contributed by atoms with van der Waals surface area (Å²) in [6.07, 6.45) is 39.5. The van der Waals surface area contributed by atoms with Crippen molar-refractivity contribution in [1.29, 1.82) is 0 Å². The van der Waals surface area contributed by atoms with Crippen LogP contribution in [0.4, 0.5) is 0 Å². The summed E-state index contributed by atoms with van der Waals surface area (Å²) in [6, 6.07) is 0. The molecule has 0 radical (unpaired) electrons. The Bertz CT molecular complexity index is 781. The number of carbonyl (C=O) groups excluding carboxylic acids is 3. The molecule has 0 aliphatic rings. The van der Waals surface area contributed by atoms with Gasteiger partial charge in [-0.15, -0.1) is 0 Å². The first kappa shape index (κ1) is 50.4. The van der Waals surface area contributed by atoms with Crippen LogP contribution < -0.4 is 0 Å². The number of hydrogen-bond acceptors (Lipinski definition) is 6. The van der Waals surface area contributed by atoms with Gasteiger partial charge < -0.3 is 14.2 Å². The van der Waals surface area contributed by atoms with Crippen LogP contribution in [-0.2, 0) is 28.6 Å². The first-order chi connectivity index (χ1) is 25.4. The number of hydrogen-bond donors (Lipinski definition) is 0. The van der Waals surface area contributed by atoms with Crippen LogP contribution in [0.3, 0.4) is 0 Å². The zero-order valence-corrected chi connectivity index (χ0v) is 35.3. The lowest BCUT2D eigenvalue weighted by Crippen LogP contribution is -2.30. The van der Waals surface area contributed by atoms with Crippen molar-refractivity contribution in [3.05, 3.63) is 0 Å². The Labute approximate surface area is 323 Å². The molecule has 6 nitrogen and oxygen atoms in total. The number of unbranched alkanes of at least 4 members (excludes halogenated alkanes) is 28. The maximum atomic E-state index is 12.7. The van der Waals surface area contributed by atoms with Crippen molar-refractivity contribution in [2.75, 3.05) is 13.2 Å². The first-order valence-electron chi connectivity index (χ1n) is 22.9. The highest BCUT2D eigenvalue weighted by atomic mass is 16.6. The van der Waals surface area contributed by atoms with Crippen LogP contribution in [0.2, 0.25) is 0 Å². The lowest BCUT2D eigenvalue weighted by atomic mass is 10.0. The van der Waals surface area contributed by atoms with Crippen LogP contribution >= 0.6 is 0 Å². The lowest BCUT2D eigenvalue weighted by molar-refractivity contribution is -0.167. The predicted molar refractivity (Wildman–Crippen MR) is 220 cm³/mol. The molecule has 0 saturated carbocycles. The minimum atomic E-state index is -0.759. The highest BCUT2D eigenvalue weighted by Gasteiger charge is 2.19. The summed E-state index contributed by atoms with van der Waals surface area (Å²) in [5.74, 6) is -0.0949. The minimum Gasteiger partial charge on any atom is -0.462 e. The Morgan fingerprint density at radius 1 is 0.365 bits per heavy atom. The molecule has 0 unspecified atom stereocenters. The normalized spacial score (nSPS) is 11.9. The molecule has 0 spiro atoms. The van der Waals surface area contributed by atoms with E-state index in [4.69, 9.17) is 14.2 Å². The molecule has 0 fully saturated rings. The van der Waals surface area contributed by atoms with Gasteiger partial charge in [0.1, 0.15) is 13.2 Å². The van der Waals surface area contributed by atoms with Crippen LogP contribution in [0.1, 0.15) is 252 Å². The van der Waals surface area contributed by atoms with Gasteiger partial charge in [-0.2, -0.15) is 0 Å². The Morgan fingerprint density at radius 3 is 0.942 bits per heavy atom. The Balaban J connectivity index is 4.31. The third-order valence-corrected chi connectivity index (χ3v) is 10.3. The molecule has 0 aliphatic heterocycles. The van der Waals surface area contributed by atoms with Gasteiger partial charge >= 0.3 is 17.9 Å². The molecule has 6 heteroatoms. The van der Waals surface area contributed by atoms with Gasteiger partial charge in [-0.1, -0.05) is 214 Å². The average molecular weight is 737 g/mol. The second-order valence-corrected chi connectivity index (χ2v) is 16.2. The van der Waals surface area contributed by atoms with E-state index < -0.39 is 6.10 Å². The summed E-state index contributed by atoms with van der Waals surface area (Å²) in [4.78, 5) is 37.6. The summed E-state index contributed by atoms with van der Waals surface area (Å²) < 4.78 is 16.7. The van der Waals surface area contributed by atoms with Crippen LogP contribution in [0.5, 0.6) is 0 Å². The summed E-state index contributed by atoms with van der Waals surface area (Å²) in [6.45, 7) is 8.92. The molecule has 0 bridgehead atoms. The summed E-state index contributed by atoms with van der Waals surface area (Å²) >= 11 is 0. The van der Waals surface area contributed by atoms with Crippen molar-refractivity contribution in [3.8, 4) is 0 Å². The number of rotatable bonds is 41. The molecule has 0 aromatic heterocycles. The third-order valence-electron chi connectivity index (χ3n) is 10.3. The molecule has 1 atom stereocenters. The fourth-order valence-corrected chi connectivity index (χ4v) is 6.80. The Kier molecular flexibility index (Phi) is 39.4. The maximum absolute atomic E-state index is 12.7. The van der Waals surface area contributed by atoms with Crippen molar-refractivity contribution in [2.45, 2.75) is 259 Å². The van der Waals surface area contributed by atoms with E-state index in [-0.39, 0.29) is 31.1 Å². The molecule has 0 N–H and O–H groups in total. The van der Waals surface area contributed by atoms with E-state index in [1.165, 1.54) is 148 Å². The van der Waals surface area contributed by atoms with E-state index >= 15 is 0 Å². The summed E-state index contributed by atoms with van der Waals surface area (Å²) in [7, 11) is 0. The van der Waals surface area contributed by atoms with Gasteiger partial charge in [0.05, 0.1) is 0 Å². The van der Waals surface area contributed by atoms with Crippen LogP contribution in [0.25, 0.3) is 0 Å². The van der Waals surface area contributed by atoms with Gasteiger partial charge in [-0.05, 0) is 25.2 Å². The highest BCUT2D eigenvalue weighted by Crippen LogP contribution is 2.16. The van der Waals surface area contributed by atoms with E-state index in [0.29, 0.717) is 19.3 Å². The number of esters is 3. The zero-order valence-electron chi connectivity index (χ0n) is 35.3. The summed E-state index contributed by atoms with van der Waals surface area (Å²) in [5.41, 5.74) is 0. The van der Waals surface area contributed by atoms with Gasteiger partial charge in [-0.25, -0.2) is 0 Å². The average Bonchev–Trinajstić information content (AvgIpc) is 3.12. The molecule has 0 aromatic rings. The van der Waals surface area contributed by atoms with Gasteiger partial charge in [0.25, 0.3) is 0 Å². The fourth-order valence-electron chi connectivity index (χ4n) is 6.80. The molecule has 52 heavy (non-hydrogen) atoms. The van der Waals surface area contributed by atoms with Crippen molar-refractivity contribution < 1.29 is 28.6 Å². The minimum absolute atomic E-state index is 0.0645. The summed E-state index contributed by atoms with van der Waals surface area (Å²) in [5, 5.41) is 0. The van der Waals surface area contributed by atoms with Gasteiger partial charge in [-0.3, -0.25) is 14.4 Å². The van der Waals surface area contributed by atoms with E-state index in [0.717, 1.165) is 63.7 Å². The fraction of sp³-hybridized carbons (Fsp3) is 0.935. The zero-order chi connectivity index (χ0) is 38.2. The SMILES string of the molecule is CCCCCCCCCCCCCCCCC(=O)O[C@@H](COC(=O)CCCCCCCCCCCCC)COC(=O)CCCCCCCCC(C)C. The Morgan fingerprint density at radius 2 is 0.635 bits per heavy atom. The topological polar surface area (TPSA) is 78.9 Å². The number of carbonyl (C=O) groups is 3. The van der Waals surface area contributed by atoms with Gasteiger partial charge in [0.15, 0.2) is 6.10 Å². The molecule has 0 aliphatic carbocycles.